The van der Waals surface area contributed by atoms with E-state index in [9.17, 15) is 5.11 Å². The highest BCUT2D eigenvalue weighted by Gasteiger charge is 2.43. The molecule has 0 radical (unpaired) electrons. The fraction of sp³-hybridized carbons (Fsp3) is 0.625. The molecule has 0 aromatic heterocycles. The summed E-state index contributed by atoms with van der Waals surface area (Å²) >= 11 is 6.03. The molecule has 1 spiro atoms. The van der Waals surface area contributed by atoms with Crippen molar-refractivity contribution < 1.29 is 19.3 Å². The number of aliphatic hydroxyl groups is 1. The average molecular weight is 313 g/mol. The van der Waals surface area contributed by atoms with E-state index in [1.165, 1.54) is 6.42 Å². The van der Waals surface area contributed by atoms with E-state index in [-0.39, 0.29) is 18.3 Å². The first-order valence-electron chi connectivity index (χ1n) is 7.44. The predicted molar refractivity (Wildman–Crippen MR) is 80.1 cm³/mol. The Morgan fingerprint density at radius 3 is 2.86 bits per heavy atom. The molecule has 1 aliphatic heterocycles. The molecule has 1 heterocycles. The number of rotatable bonds is 4. The first kappa shape index (κ1) is 14.9. The molecule has 3 rings (SSSR count). The summed E-state index contributed by atoms with van der Waals surface area (Å²) in [4.78, 5) is 0. The molecule has 1 aromatic carbocycles. The number of ether oxygens (including phenoxy) is 3. The summed E-state index contributed by atoms with van der Waals surface area (Å²) < 4.78 is 17.4. The third-order valence-corrected chi connectivity index (χ3v) is 4.70. The van der Waals surface area contributed by atoms with Gasteiger partial charge in [-0.1, -0.05) is 11.6 Å². The SMILES string of the molecule is COc1cc(Cl)cc(CO)c1OC1CCOC2(CCC2)C1. The number of hydrogen-bond acceptors (Lipinski definition) is 4. The Morgan fingerprint density at radius 2 is 2.24 bits per heavy atom. The van der Waals surface area contributed by atoms with E-state index in [4.69, 9.17) is 25.8 Å². The van der Waals surface area contributed by atoms with Gasteiger partial charge in [-0.3, -0.25) is 0 Å². The van der Waals surface area contributed by atoms with Gasteiger partial charge in [0.1, 0.15) is 6.10 Å². The van der Waals surface area contributed by atoms with Gasteiger partial charge < -0.3 is 19.3 Å². The molecule has 1 atom stereocenters. The maximum absolute atomic E-state index is 9.53. The minimum absolute atomic E-state index is 0.0297. The van der Waals surface area contributed by atoms with Crippen LogP contribution in [-0.4, -0.2) is 30.5 Å². The van der Waals surface area contributed by atoms with Crippen LogP contribution in [0.2, 0.25) is 5.02 Å². The maximum Gasteiger partial charge on any atom is 0.167 e. The Labute approximate surface area is 130 Å². The summed E-state index contributed by atoms with van der Waals surface area (Å²) in [6.45, 7) is 0.607. The van der Waals surface area contributed by atoms with Gasteiger partial charge in [-0.05, 0) is 25.3 Å². The van der Waals surface area contributed by atoms with Crippen LogP contribution < -0.4 is 9.47 Å². The molecule has 0 bridgehead atoms. The molecule has 2 fully saturated rings. The minimum Gasteiger partial charge on any atom is -0.493 e. The molecular formula is C16H21ClO4. The Balaban J connectivity index is 1.80. The molecule has 21 heavy (non-hydrogen) atoms. The average Bonchev–Trinajstić information content (AvgIpc) is 2.47. The van der Waals surface area contributed by atoms with Gasteiger partial charge in [0.2, 0.25) is 0 Å². The number of methoxy groups -OCH3 is 1. The zero-order chi connectivity index (χ0) is 14.9. The van der Waals surface area contributed by atoms with Gasteiger partial charge in [0, 0.05) is 29.5 Å². The predicted octanol–water partition coefficient (Wildman–Crippen LogP) is 3.32. The third-order valence-electron chi connectivity index (χ3n) is 4.48. The monoisotopic (exact) mass is 312 g/mol. The van der Waals surface area contributed by atoms with E-state index >= 15 is 0 Å². The van der Waals surface area contributed by atoms with E-state index in [1.807, 2.05) is 0 Å². The molecule has 1 saturated carbocycles. The second kappa shape index (κ2) is 6.03. The smallest absolute Gasteiger partial charge is 0.167 e. The standard InChI is InChI=1S/C16H21ClO4/c1-19-14-8-12(17)7-11(10-18)15(14)21-13-3-6-20-16(9-13)4-2-5-16/h7-8,13,18H,2-6,9-10H2,1H3. The zero-order valence-corrected chi connectivity index (χ0v) is 13.0. The van der Waals surface area contributed by atoms with Crippen LogP contribution in [0.25, 0.3) is 0 Å². The first-order valence-corrected chi connectivity index (χ1v) is 7.81. The summed E-state index contributed by atoms with van der Waals surface area (Å²) in [5.74, 6) is 1.17. The lowest BCUT2D eigenvalue weighted by molar-refractivity contribution is -0.153. The minimum atomic E-state index is -0.124. The maximum atomic E-state index is 9.53. The molecule has 2 aliphatic rings. The van der Waals surface area contributed by atoms with Crippen LogP contribution in [0.15, 0.2) is 12.1 Å². The molecular weight excluding hydrogens is 292 g/mol. The van der Waals surface area contributed by atoms with Gasteiger partial charge in [0.15, 0.2) is 11.5 Å². The van der Waals surface area contributed by atoms with Gasteiger partial charge in [0.25, 0.3) is 0 Å². The van der Waals surface area contributed by atoms with Crippen molar-refractivity contribution in [3.05, 3.63) is 22.7 Å². The summed E-state index contributed by atoms with van der Waals surface area (Å²) in [5, 5.41) is 10.1. The first-order chi connectivity index (χ1) is 10.2. The molecule has 1 unspecified atom stereocenters. The van der Waals surface area contributed by atoms with Crippen molar-refractivity contribution in [2.75, 3.05) is 13.7 Å². The largest absolute Gasteiger partial charge is 0.493 e. The van der Waals surface area contributed by atoms with Gasteiger partial charge in [-0.25, -0.2) is 0 Å². The van der Waals surface area contributed by atoms with Crippen molar-refractivity contribution in [3.8, 4) is 11.5 Å². The number of benzene rings is 1. The summed E-state index contributed by atoms with van der Waals surface area (Å²) in [6.07, 6.45) is 5.34. The van der Waals surface area contributed by atoms with Crippen LogP contribution in [0.4, 0.5) is 0 Å². The van der Waals surface area contributed by atoms with Crippen molar-refractivity contribution in [2.24, 2.45) is 0 Å². The zero-order valence-electron chi connectivity index (χ0n) is 12.2. The highest BCUT2D eigenvalue weighted by atomic mass is 35.5. The Hall–Kier alpha value is -0.970. The van der Waals surface area contributed by atoms with Crippen LogP contribution in [0.3, 0.4) is 0 Å². The van der Waals surface area contributed by atoms with Crippen LogP contribution in [0.5, 0.6) is 11.5 Å². The van der Waals surface area contributed by atoms with Gasteiger partial charge in [0.05, 0.1) is 25.9 Å². The lowest BCUT2D eigenvalue weighted by Gasteiger charge is -2.47. The van der Waals surface area contributed by atoms with Crippen LogP contribution in [-0.2, 0) is 11.3 Å². The Bertz CT molecular complexity index is 488. The molecule has 5 heteroatoms. The van der Waals surface area contributed by atoms with E-state index in [0.717, 1.165) is 32.3 Å². The highest BCUT2D eigenvalue weighted by Crippen LogP contribution is 2.44. The van der Waals surface area contributed by atoms with E-state index in [1.54, 1.807) is 19.2 Å². The second-order valence-electron chi connectivity index (χ2n) is 5.87. The number of hydrogen-bond donors (Lipinski definition) is 1. The van der Waals surface area contributed by atoms with E-state index in [0.29, 0.717) is 22.1 Å². The molecule has 4 nitrogen and oxygen atoms in total. The Morgan fingerprint density at radius 1 is 1.43 bits per heavy atom. The molecule has 1 aromatic rings. The van der Waals surface area contributed by atoms with Gasteiger partial charge in [-0.15, -0.1) is 0 Å². The molecule has 0 amide bonds. The topological polar surface area (TPSA) is 47.9 Å². The summed E-state index contributed by atoms with van der Waals surface area (Å²) in [5.41, 5.74) is 0.690. The van der Waals surface area contributed by atoms with Crippen molar-refractivity contribution >= 4 is 11.6 Å². The quantitative estimate of drug-likeness (QED) is 0.926. The number of aliphatic hydroxyl groups excluding tert-OH is 1. The van der Waals surface area contributed by atoms with Crippen molar-refractivity contribution in [2.45, 2.75) is 50.4 Å². The lowest BCUT2D eigenvalue weighted by atomic mass is 9.74. The normalized spacial score (nSPS) is 23.7. The molecule has 1 saturated heterocycles. The van der Waals surface area contributed by atoms with Crippen molar-refractivity contribution in [1.29, 1.82) is 0 Å². The summed E-state index contributed by atoms with van der Waals surface area (Å²) in [6, 6.07) is 3.44. The van der Waals surface area contributed by atoms with Gasteiger partial charge >= 0.3 is 0 Å². The fourth-order valence-electron chi connectivity index (χ4n) is 3.20. The van der Waals surface area contributed by atoms with Crippen LogP contribution in [0.1, 0.15) is 37.7 Å². The Kier molecular flexibility index (Phi) is 4.29. The van der Waals surface area contributed by atoms with E-state index < -0.39 is 0 Å². The van der Waals surface area contributed by atoms with Crippen molar-refractivity contribution in [1.82, 2.24) is 0 Å². The van der Waals surface area contributed by atoms with Crippen molar-refractivity contribution in [3.63, 3.8) is 0 Å². The molecule has 1 N–H and O–H groups in total. The fourth-order valence-corrected chi connectivity index (χ4v) is 3.43. The van der Waals surface area contributed by atoms with E-state index in [2.05, 4.69) is 0 Å². The van der Waals surface area contributed by atoms with Crippen LogP contribution in [0, 0.1) is 0 Å². The number of halogens is 1. The highest BCUT2D eigenvalue weighted by molar-refractivity contribution is 6.30. The lowest BCUT2D eigenvalue weighted by Crippen LogP contribution is -2.48. The van der Waals surface area contributed by atoms with Gasteiger partial charge in [-0.2, -0.15) is 0 Å². The van der Waals surface area contributed by atoms with Crippen LogP contribution >= 0.6 is 11.6 Å². The third kappa shape index (κ3) is 2.98. The second-order valence-corrected chi connectivity index (χ2v) is 6.31. The summed E-state index contributed by atoms with van der Waals surface area (Å²) in [7, 11) is 1.58. The molecule has 116 valence electrons. The molecule has 1 aliphatic carbocycles.